The largest absolute Gasteiger partial charge is 0.388 e. The predicted molar refractivity (Wildman–Crippen MR) is 41.6 cm³/mol. The number of hydrogen-bond donors (Lipinski definition) is 4. The maximum atomic E-state index is 10.6. The van der Waals surface area contributed by atoms with Crippen LogP contribution < -0.4 is 5.32 Å². The highest BCUT2D eigenvalue weighted by Gasteiger charge is 2.37. The van der Waals surface area contributed by atoms with Crippen molar-refractivity contribution < 1.29 is 24.9 Å². The highest BCUT2D eigenvalue weighted by molar-refractivity contribution is 5.73. The minimum atomic E-state index is -1.30. The van der Waals surface area contributed by atoms with E-state index in [2.05, 4.69) is 5.32 Å². The van der Waals surface area contributed by atoms with Crippen LogP contribution >= 0.6 is 0 Å². The Morgan fingerprint density at radius 2 is 2.00 bits per heavy atom. The van der Waals surface area contributed by atoms with Gasteiger partial charge in [0.05, 0.1) is 6.61 Å². The lowest BCUT2D eigenvalue weighted by Crippen LogP contribution is -2.58. The number of aliphatic hydroxyl groups is 3. The molecule has 0 saturated carbocycles. The summed E-state index contributed by atoms with van der Waals surface area (Å²) in [5.41, 5.74) is 0. The molecule has 1 aliphatic rings. The number of carbonyl (C=O) groups excluding carboxylic acids is 1. The van der Waals surface area contributed by atoms with Crippen molar-refractivity contribution >= 4 is 5.91 Å². The van der Waals surface area contributed by atoms with Crippen molar-refractivity contribution in [2.45, 2.75) is 31.5 Å². The molecule has 0 aliphatic carbocycles. The molecule has 6 nitrogen and oxygen atoms in total. The Hall–Kier alpha value is -0.690. The third-order valence-electron chi connectivity index (χ3n) is 1.85. The molecule has 0 radical (unpaired) electrons. The first-order valence-corrected chi connectivity index (χ1v) is 3.95. The Balaban J connectivity index is 2.53. The number of ether oxygens (including phenoxy) is 1. The van der Waals surface area contributed by atoms with Gasteiger partial charge in [-0.2, -0.15) is 0 Å². The van der Waals surface area contributed by atoms with Gasteiger partial charge in [0.15, 0.2) is 6.23 Å². The van der Waals surface area contributed by atoms with E-state index in [1.165, 1.54) is 6.92 Å². The van der Waals surface area contributed by atoms with E-state index < -0.39 is 24.5 Å². The van der Waals surface area contributed by atoms with Crippen molar-refractivity contribution in [3.63, 3.8) is 0 Å². The summed E-state index contributed by atoms with van der Waals surface area (Å²) in [7, 11) is 0. The van der Waals surface area contributed by atoms with Crippen molar-refractivity contribution in [3.05, 3.63) is 0 Å². The zero-order valence-corrected chi connectivity index (χ0v) is 7.17. The van der Waals surface area contributed by atoms with Gasteiger partial charge in [0.2, 0.25) is 5.91 Å². The number of amides is 1. The van der Waals surface area contributed by atoms with Crippen LogP contribution in [-0.2, 0) is 9.53 Å². The van der Waals surface area contributed by atoms with Crippen LogP contribution in [0.4, 0.5) is 0 Å². The lowest BCUT2D eigenvalue weighted by atomic mass is 10.0. The van der Waals surface area contributed by atoms with Gasteiger partial charge in [-0.15, -0.1) is 0 Å². The summed E-state index contributed by atoms with van der Waals surface area (Å²) in [6.07, 6.45) is -4.64. The number of rotatable bonds is 1. The smallest absolute Gasteiger partial charge is 0.218 e. The van der Waals surface area contributed by atoms with Crippen LogP contribution in [0.1, 0.15) is 6.92 Å². The van der Waals surface area contributed by atoms with Crippen LogP contribution in [0.3, 0.4) is 0 Å². The second kappa shape index (κ2) is 4.01. The van der Waals surface area contributed by atoms with Crippen LogP contribution in [0.15, 0.2) is 0 Å². The number of nitrogens with one attached hydrogen (secondary N) is 1. The normalized spacial score (nSPS) is 40.0. The molecular weight excluding hydrogens is 178 g/mol. The zero-order chi connectivity index (χ0) is 10.0. The van der Waals surface area contributed by atoms with E-state index in [0.29, 0.717) is 0 Å². The van der Waals surface area contributed by atoms with Crippen molar-refractivity contribution in [1.29, 1.82) is 0 Å². The molecule has 0 aromatic carbocycles. The molecule has 1 amide bonds. The molecular formula is C7H13NO5. The van der Waals surface area contributed by atoms with Crippen molar-refractivity contribution in [1.82, 2.24) is 5.32 Å². The first-order valence-electron chi connectivity index (χ1n) is 3.95. The molecule has 13 heavy (non-hydrogen) atoms. The molecule has 1 heterocycles. The fourth-order valence-electron chi connectivity index (χ4n) is 1.13. The lowest BCUT2D eigenvalue weighted by Gasteiger charge is -2.35. The van der Waals surface area contributed by atoms with Gasteiger partial charge in [0, 0.05) is 6.92 Å². The Morgan fingerprint density at radius 3 is 2.54 bits per heavy atom. The van der Waals surface area contributed by atoms with Gasteiger partial charge < -0.3 is 25.4 Å². The average Bonchev–Trinajstić information content (AvgIpc) is 2.06. The summed E-state index contributed by atoms with van der Waals surface area (Å²) < 4.78 is 4.89. The molecule has 1 fully saturated rings. The number of carbonyl (C=O) groups is 1. The third kappa shape index (κ3) is 2.38. The fourth-order valence-corrected chi connectivity index (χ4v) is 1.13. The highest BCUT2D eigenvalue weighted by atomic mass is 16.5. The molecule has 1 saturated heterocycles. The van der Waals surface area contributed by atoms with E-state index in [1.54, 1.807) is 0 Å². The Morgan fingerprint density at radius 1 is 1.38 bits per heavy atom. The average molecular weight is 191 g/mol. The summed E-state index contributed by atoms with van der Waals surface area (Å²) in [5, 5.41) is 29.9. The lowest BCUT2D eigenvalue weighted by molar-refractivity contribution is -0.196. The molecule has 0 aromatic rings. The van der Waals surface area contributed by atoms with Crippen molar-refractivity contribution in [2.75, 3.05) is 6.61 Å². The van der Waals surface area contributed by atoms with E-state index >= 15 is 0 Å². The molecule has 4 atom stereocenters. The molecule has 6 heteroatoms. The SMILES string of the molecule is CC(=O)N[C@@H]1OC[C@@H](O)[C@@H](O)[C@H]1O. The standard InChI is InChI=1S/C7H13NO5/c1-3(9)8-7-6(12)5(11)4(10)2-13-7/h4-7,10-12H,2H2,1H3,(H,8,9)/t4-,5-,6-,7-/m1/s1. The van der Waals surface area contributed by atoms with Gasteiger partial charge >= 0.3 is 0 Å². The Kier molecular flexibility index (Phi) is 3.21. The van der Waals surface area contributed by atoms with Crippen molar-refractivity contribution in [3.8, 4) is 0 Å². The van der Waals surface area contributed by atoms with Crippen LogP contribution in [-0.4, -0.2) is 52.4 Å². The summed E-state index contributed by atoms with van der Waals surface area (Å²) in [5.74, 6) is -0.368. The summed E-state index contributed by atoms with van der Waals surface area (Å²) in [6.45, 7) is 1.16. The van der Waals surface area contributed by atoms with Crippen LogP contribution in [0.5, 0.6) is 0 Å². The first-order chi connectivity index (χ1) is 6.02. The fraction of sp³-hybridized carbons (Fsp3) is 0.857. The molecule has 0 unspecified atom stereocenters. The van der Waals surface area contributed by atoms with Gasteiger partial charge in [-0.3, -0.25) is 4.79 Å². The van der Waals surface area contributed by atoms with Crippen molar-refractivity contribution in [2.24, 2.45) is 0 Å². The molecule has 0 spiro atoms. The van der Waals surface area contributed by atoms with Crippen LogP contribution in [0, 0.1) is 0 Å². The van der Waals surface area contributed by atoms with Gasteiger partial charge in [0.1, 0.15) is 18.3 Å². The zero-order valence-electron chi connectivity index (χ0n) is 7.17. The maximum Gasteiger partial charge on any atom is 0.218 e. The van der Waals surface area contributed by atoms with Crippen LogP contribution in [0.25, 0.3) is 0 Å². The van der Waals surface area contributed by atoms with E-state index in [4.69, 9.17) is 9.84 Å². The van der Waals surface area contributed by atoms with Gasteiger partial charge in [-0.05, 0) is 0 Å². The molecule has 1 aliphatic heterocycles. The maximum absolute atomic E-state index is 10.6. The number of hydrogen-bond acceptors (Lipinski definition) is 5. The number of aliphatic hydroxyl groups excluding tert-OH is 3. The molecule has 0 bridgehead atoms. The molecule has 0 aromatic heterocycles. The second-order valence-corrected chi connectivity index (χ2v) is 3.00. The molecule has 1 rings (SSSR count). The predicted octanol–water partition coefficient (Wildman–Crippen LogP) is -2.44. The van der Waals surface area contributed by atoms with Gasteiger partial charge in [0.25, 0.3) is 0 Å². The van der Waals surface area contributed by atoms with E-state index in [1.807, 2.05) is 0 Å². The Labute approximate surface area is 75.1 Å². The Bertz CT molecular complexity index is 197. The highest BCUT2D eigenvalue weighted by Crippen LogP contribution is 2.13. The van der Waals surface area contributed by atoms with E-state index in [9.17, 15) is 15.0 Å². The minimum absolute atomic E-state index is 0.108. The third-order valence-corrected chi connectivity index (χ3v) is 1.85. The first kappa shape index (κ1) is 10.4. The van der Waals surface area contributed by atoms with E-state index in [-0.39, 0.29) is 12.5 Å². The monoisotopic (exact) mass is 191 g/mol. The topological polar surface area (TPSA) is 99.0 Å². The second-order valence-electron chi connectivity index (χ2n) is 3.00. The molecule has 76 valence electrons. The van der Waals surface area contributed by atoms with Gasteiger partial charge in [-0.25, -0.2) is 0 Å². The van der Waals surface area contributed by atoms with E-state index in [0.717, 1.165) is 0 Å². The van der Waals surface area contributed by atoms with Crippen LogP contribution in [0.2, 0.25) is 0 Å². The minimum Gasteiger partial charge on any atom is -0.388 e. The quantitative estimate of drug-likeness (QED) is 0.369. The summed E-state index contributed by atoms with van der Waals surface area (Å²) in [4.78, 5) is 10.6. The van der Waals surface area contributed by atoms with Gasteiger partial charge in [-0.1, -0.05) is 0 Å². The summed E-state index contributed by atoms with van der Waals surface area (Å²) >= 11 is 0. The molecule has 4 N–H and O–H groups in total. The summed E-state index contributed by atoms with van der Waals surface area (Å²) in [6, 6.07) is 0.